The van der Waals surface area contributed by atoms with Crippen molar-refractivity contribution in [1.29, 1.82) is 0 Å². The highest BCUT2D eigenvalue weighted by Crippen LogP contribution is 2.31. The van der Waals surface area contributed by atoms with E-state index in [4.69, 9.17) is 9.72 Å². The molecule has 0 N–H and O–H groups in total. The van der Waals surface area contributed by atoms with Gasteiger partial charge in [-0.15, -0.1) is 0 Å². The third-order valence-corrected chi connectivity index (χ3v) is 4.09. The van der Waals surface area contributed by atoms with Gasteiger partial charge >= 0.3 is 0 Å². The fourth-order valence-corrected chi connectivity index (χ4v) is 2.35. The van der Waals surface area contributed by atoms with Crippen LogP contribution in [0.3, 0.4) is 0 Å². The molecule has 2 rings (SSSR count). The highest BCUT2D eigenvalue weighted by atomic mass is 16.5. The van der Waals surface area contributed by atoms with Gasteiger partial charge in [-0.05, 0) is 29.5 Å². The van der Waals surface area contributed by atoms with Gasteiger partial charge in [-0.2, -0.15) is 0 Å². The fraction of sp³-hybridized carbons (Fsp3) is 0.556. The molecular weight excluding hydrogens is 260 g/mol. The number of methoxy groups -OCH3 is 1. The molecule has 1 atom stereocenters. The second-order valence-electron chi connectivity index (χ2n) is 7.11. The van der Waals surface area contributed by atoms with Gasteiger partial charge in [-0.3, -0.25) is 0 Å². The van der Waals surface area contributed by atoms with Crippen LogP contribution in [-0.4, -0.2) is 17.1 Å². The molecule has 0 saturated heterocycles. The minimum Gasteiger partial charge on any atom is -0.480 e. The van der Waals surface area contributed by atoms with Crippen molar-refractivity contribution in [2.75, 3.05) is 7.11 Å². The number of ether oxygens (including phenoxy) is 1. The maximum Gasteiger partial charge on any atom is 0.236 e. The van der Waals surface area contributed by atoms with E-state index in [2.05, 4.69) is 64.7 Å². The van der Waals surface area contributed by atoms with Crippen molar-refractivity contribution in [2.45, 2.75) is 52.9 Å². The summed E-state index contributed by atoms with van der Waals surface area (Å²) in [4.78, 5) is 9.45. The minimum absolute atomic E-state index is 0.0869. The van der Waals surface area contributed by atoms with Gasteiger partial charge < -0.3 is 4.74 Å². The van der Waals surface area contributed by atoms with Crippen LogP contribution in [0.4, 0.5) is 0 Å². The monoisotopic (exact) mass is 286 g/mol. The second-order valence-corrected chi connectivity index (χ2v) is 7.11. The zero-order valence-corrected chi connectivity index (χ0v) is 14.2. The molecule has 1 aromatic carbocycles. The van der Waals surface area contributed by atoms with E-state index in [1.807, 2.05) is 0 Å². The van der Waals surface area contributed by atoms with Crippen LogP contribution in [0.5, 0.6) is 5.88 Å². The van der Waals surface area contributed by atoms with Crippen molar-refractivity contribution >= 4 is 11.0 Å². The number of aromatic nitrogens is 2. The van der Waals surface area contributed by atoms with Crippen LogP contribution in [0, 0.1) is 5.92 Å². The molecule has 1 unspecified atom stereocenters. The number of hydrogen-bond donors (Lipinski definition) is 0. The van der Waals surface area contributed by atoms with Crippen molar-refractivity contribution in [3.05, 3.63) is 29.5 Å². The molecule has 21 heavy (non-hydrogen) atoms. The second kappa shape index (κ2) is 5.63. The third kappa shape index (κ3) is 3.17. The standard InChI is InChI=1S/C18H26N2O/c1-11(2)12(3)13-8-9-14-15(10-13)20-17(21-7)16(19-14)18(4,5)6/h8-12H,1-7H3. The largest absolute Gasteiger partial charge is 0.480 e. The topological polar surface area (TPSA) is 35.0 Å². The van der Waals surface area contributed by atoms with Crippen molar-refractivity contribution in [2.24, 2.45) is 5.92 Å². The van der Waals surface area contributed by atoms with Gasteiger partial charge in [0.2, 0.25) is 5.88 Å². The molecule has 0 aliphatic heterocycles. The Bertz CT molecular complexity index is 641. The lowest BCUT2D eigenvalue weighted by atomic mass is 9.89. The Morgan fingerprint density at radius 2 is 1.67 bits per heavy atom. The molecule has 0 radical (unpaired) electrons. The Balaban J connectivity index is 2.60. The normalized spacial score (nSPS) is 13.7. The molecule has 0 amide bonds. The van der Waals surface area contributed by atoms with Gasteiger partial charge in [0.15, 0.2) is 0 Å². The van der Waals surface area contributed by atoms with E-state index in [-0.39, 0.29) is 5.41 Å². The van der Waals surface area contributed by atoms with E-state index in [1.54, 1.807) is 7.11 Å². The lowest BCUT2D eigenvalue weighted by Crippen LogP contribution is -2.16. The first kappa shape index (κ1) is 15.7. The molecule has 0 aliphatic rings. The summed E-state index contributed by atoms with van der Waals surface area (Å²) in [6.07, 6.45) is 0. The van der Waals surface area contributed by atoms with E-state index >= 15 is 0 Å². The van der Waals surface area contributed by atoms with Crippen molar-refractivity contribution in [3.8, 4) is 5.88 Å². The number of nitrogens with zero attached hydrogens (tertiary/aromatic N) is 2. The molecule has 2 aromatic rings. The zero-order valence-electron chi connectivity index (χ0n) is 14.2. The summed E-state index contributed by atoms with van der Waals surface area (Å²) in [6.45, 7) is 13.1. The summed E-state index contributed by atoms with van der Waals surface area (Å²) in [7, 11) is 1.66. The van der Waals surface area contributed by atoms with Gasteiger partial charge in [0.25, 0.3) is 0 Å². The SMILES string of the molecule is COc1nc2cc(C(C)C(C)C)ccc2nc1C(C)(C)C. The highest BCUT2D eigenvalue weighted by Gasteiger charge is 2.23. The van der Waals surface area contributed by atoms with Crippen LogP contribution in [0.2, 0.25) is 0 Å². The summed E-state index contributed by atoms with van der Waals surface area (Å²) in [5.41, 5.74) is 3.96. The molecule has 0 fully saturated rings. The summed E-state index contributed by atoms with van der Waals surface area (Å²) in [6, 6.07) is 6.38. The predicted molar refractivity (Wildman–Crippen MR) is 88.0 cm³/mol. The maximum atomic E-state index is 5.45. The Morgan fingerprint density at radius 1 is 1.00 bits per heavy atom. The molecule has 0 saturated carbocycles. The summed E-state index contributed by atoms with van der Waals surface area (Å²) >= 11 is 0. The average Bonchev–Trinajstić information content (AvgIpc) is 2.43. The van der Waals surface area contributed by atoms with Crippen LogP contribution in [0.1, 0.15) is 58.7 Å². The van der Waals surface area contributed by atoms with Gasteiger partial charge in [0, 0.05) is 5.41 Å². The molecule has 0 spiro atoms. The van der Waals surface area contributed by atoms with Crippen LogP contribution in [0.25, 0.3) is 11.0 Å². The van der Waals surface area contributed by atoms with E-state index in [0.29, 0.717) is 17.7 Å². The average molecular weight is 286 g/mol. The number of hydrogen-bond acceptors (Lipinski definition) is 3. The first-order valence-electron chi connectivity index (χ1n) is 7.60. The molecular formula is C18H26N2O. The first-order valence-corrected chi connectivity index (χ1v) is 7.60. The first-order chi connectivity index (χ1) is 9.74. The summed E-state index contributed by atoms with van der Waals surface area (Å²) in [5, 5.41) is 0. The Labute approximate surface area is 127 Å². The van der Waals surface area contributed by atoms with Crippen LogP contribution in [-0.2, 0) is 5.41 Å². The predicted octanol–water partition coefficient (Wildman–Crippen LogP) is 4.70. The quantitative estimate of drug-likeness (QED) is 0.820. The van der Waals surface area contributed by atoms with Crippen molar-refractivity contribution in [3.63, 3.8) is 0 Å². The number of benzene rings is 1. The Kier molecular flexibility index (Phi) is 4.22. The summed E-state index contributed by atoms with van der Waals surface area (Å²) < 4.78 is 5.45. The van der Waals surface area contributed by atoms with Crippen LogP contribution in [0.15, 0.2) is 18.2 Å². The fourth-order valence-electron chi connectivity index (χ4n) is 2.35. The van der Waals surface area contributed by atoms with E-state index < -0.39 is 0 Å². The maximum absolute atomic E-state index is 5.45. The Morgan fingerprint density at radius 3 is 2.19 bits per heavy atom. The van der Waals surface area contributed by atoms with Gasteiger partial charge in [-0.1, -0.05) is 47.6 Å². The smallest absolute Gasteiger partial charge is 0.236 e. The van der Waals surface area contributed by atoms with Crippen molar-refractivity contribution in [1.82, 2.24) is 9.97 Å². The molecule has 3 heteroatoms. The molecule has 114 valence electrons. The van der Waals surface area contributed by atoms with Gasteiger partial charge in [-0.25, -0.2) is 9.97 Å². The molecule has 0 aliphatic carbocycles. The molecule has 1 heterocycles. The molecule has 3 nitrogen and oxygen atoms in total. The zero-order chi connectivity index (χ0) is 15.8. The summed E-state index contributed by atoms with van der Waals surface area (Å²) in [5.74, 6) is 1.74. The van der Waals surface area contributed by atoms with E-state index in [0.717, 1.165) is 16.7 Å². The molecule has 1 aromatic heterocycles. The molecule has 0 bridgehead atoms. The lowest BCUT2D eigenvalue weighted by Gasteiger charge is -2.21. The lowest BCUT2D eigenvalue weighted by molar-refractivity contribution is 0.377. The highest BCUT2D eigenvalue weighted by molar-refractivity contribution is 5.76. The van der Waals surface area contributed by atoms with Gasteiger partial charge in [0.1, 0.15) is 5.69 Å². The van der Waals surface area contributed by atoms with Crippen LogP contribution < -0.4 is 4.74 Å². The number of rotatable bonds is 3. The Hall–Kier alpha value is -1.64. The number of fused-ring (bicyclic) bond motifs is 1. The van der Waals surface area contributed by atoms with Gasteiger partial charge in [0.05, 0.1) is 18.1 Å². The van der Waals surface area contributed by atoms with Crippen LogP contribution >= 0.6 is 0 Å². The third-order valence-electron chi connectivity index (χ3n) is 4.09. The van der Waals surface area contributed by atoms with Crippen molar-refractivity contribution < 1.29 is 4.74 Å². The van der Waals surface area contributed by atoms with E-state index in [9.17, 15) is 0 Å². The van der Waals surface area contributed by atoms with E-state index in [1.165, 1.54) is 5.56 Å². The minimum atomic E-state index is -0.0869.